The molecule has 1 atom stereocenters. The molecule has 1 heterocycles. The summed E-state index contributed by atoms with van der Waals surface area (Å²) in [5.41, 5.74) is 1.26. The predicted molar refractivity (Wildman–Crippen MR) is 44.8 cm³/mol. The van der Waals surface area contributed by atoms with Crippen molar-refractivity contribution >= 4 is 0 Å². The van der Waals surface area contributed by atoms with Gasteiger partial charge in [0, 0.05) is 12.2 Å². The summed E-state index contributed by atoms with van der Waals surface area (Å²) in [6.07, 6.45) is 5.26. The second-order valence-electron chi connectivity index (χ2n) is 3.05. The predicted octanol–water partition coefficient (Wildman–Crippen LogP) is 2.30. The quantitative estimate of drug-likeness (QED) is 0.587. The lowest BCUT2D eigenvalue weighted by Crippen LogP contribution is -2.16. The fourth-order valence-corrected chi connectivity index (χ4v) is 1.53. The van der Waals surface area contributed by atoms with Crippen LogP contribution in [0.4, 0.5) is 0 Å². The Kier molecular flexibility index (Phi) is 2.79. The summed E-state index contributed by atoms with van der Waals surface area (Å²) in [5.74, 6) is 0.738. The van der Waals surface area contributed by atoms with Crippen molar-refractivity contribution in [3.63, 3.8) is 0 Å². The van der Waals surface area contributed by atoms with Crippen LogP contribution >= 0.6 is 0 Å². The number of rotatable bonds is 1. The third-order valence-corrected chi connectivity index (χ3v) is 2.32. The Bertz CT molecular complexity index is 118. The van der Waals surface area contributed by atoms with Crippen LogP contribution in [-0.2, 0) is 0 Å². The molecule has 0 aromatic rings. The van der Waals surface area contributed by atoms with Gasteiger partial charge in [0.2, 0.25) is 0 Å². The van der Waals surface area contributed by atoms with E-state index in [-0.39, 0.29) is 0 Å². The van der Waals surface area contributed by atoms with Gasteiger partial charge in [0.15, 0.2) is 0 Å². The van der Waals surface area contributed by atoms with Crippen molar-refractivity contribution in [2.75, 3.05) is 6.54 Å². The maximum Gasteiger partial charge on any atom is 0.0143 e. The summed E-state index contributed by atoms with van der Waals surface area (Å²) in [6, 6.07) is 0. The molecule has 10 heavy (non-hydrogen) atoms. The molecule has 1 unspecified atom stereocenters. The summed E-state index contributed by atoms with van der Waals surface area (Å²) in [6.45, 7) is 7.39. The van der Waals surface area contributed by atoms with E-state index in [2.05, 4.69) is 18.8 Å². The molecule has 1 N–H and O–H groups in total. The summed E-state index contributed by atoms with van der Waals surface area (Å²) < 4.78 is 0. The molecule has 1 fully saturated rings. The van der Waals surface area contributed by atoms with Crippen LogP contribution in [0.3, 0.4) is 0 Å². The maximum absolute atomic E-state index is 4.02. The van der Waals surface area contributed by atoms with Gasteiger partial charge in [-0.15, -0.1) is 0 Å². The zero-order chi connectivity index (χ0) is 7.40. The highest BCUT2D eigenvalue weighted by Crippen LogP contribution is 2.20. The van der Waals surface area contributed by atoms with E-state index in [0.717, 1.165) is 12.5 Å². The molecule has 0 aromatic carbocycles. The molecule has 0 saturated carbocycles. The first-order valence-corrected chi connectivity index (χ1v) is 4.27. The van der Waals surface area contributed by atoms with Gasteiger partial charge < -0.3 is 5.32 Å². The number of allylic oxidation sites excluding steroid dienone is 1. The van der Waals surface area contributed by atoms with Crippen LogP contribution in [0.2, 0.25) is 0 Å². The van der Waals surface area contributed by atoms with E-state index in [0.29, 0.717) is 0 Å². The highest BCUT2D eigenvalue weighted by molar-refractivity contribution is 4.98. The van der Waals surface area contributed by atoms with Gasteiger partial charge in [0.25, 0.3) is 0 Å². The van der Waals surface area contributed by atoms with E-state index >= 15 is 0 Å². The summed E-state index contributed by atoms with van der Waals surface area (Å²) >= 11 is 0. The van der Waals surface area contributed by atoms with Gasteiger partial charge in [-0.1, -0.05) is 19.9 Å². The molecule has 1 nitrogen and oxygen atoms in total. The van der Waals surface area contributed by atoms with Crippen molar-refractivity contribution in [3.05, 3.63) is 12.3 Å². The molecule has 0 spiro atoms. The van der Waals surface area contributed by atoms with E-state index < -0.39 is 0 Å². The maximum atomic E-state index is 4.02. The van der Waals surface area contributed by atoms with E-state index in [4.69, 9.17) is 0 Å². The van der Waals surface area contributed by atoms with Crippen molar-refractivity contribution in [3.8, 4) is 0 Å². The molecule has 1 heteroatoms. The van der Waals surface area contributed by atoms with Crippen molar-refractivity contribution in [1.29, 1.82) is 0 Å². The summed E-state index contributed by atoms with van der Waals surface area (Å²) in [7, 11) is 0. The van der Waals surface area contributed by atoms with Crippen LogP contribution in [0.1, 0.15) is 32.6 Å². The average molecular weight is 139 g/mol. The van der Waals surface area contributed by atoms with Crippen LogP contribution in [-0.4, -0.2) is 6.54 Å². The van der Waals surface area contributed by atoms with Crippen LogP contribution < -0.4 is 5.32 Å². The van der Waals surface area contributed by atoms with Crippen molar-refractivity contribution in [1.82, 2.24) is 5.32 Å². The first-order valence-electron chi connectivity index (χ1n) is 4.27. The first kappa shape index (κ1) is 7.64. The third-order valence-electron chi connectivity index (χ3n) is 2.32. The fraction of sp³-hybridized carbons (Fsp3) is 0.778. The second-order valence-corrected chi connectivity index (χ2v) is 3.05. The SMILES string of the molecule is C=C1NCCCCC1CC. The first-order chi connectivity index (χ1) is 4.84. The Labute approximate surface area is 63.5 Å². The molecule has 0 amide bonds. The highest BCUT2D eigenvalue weighted by atomic mass is 14.9. The van der Waals surface area contributed by atoms with Crippen molar-refractivity contribution < 1.29 is 0 Å². The van der Waals surface area contributed by atoms with Crippen LogP contribution in [0.5, 0.6) is 0 Å². The Morgan fingerprint density at radius 1 is 1.60 bits per heavy atom. The zero-order valence-corrected chi connectivity index (χ0v) is 6.82. The van der Waals surface area contributed by atoms with Crippen molar-refractivity contribution in [2.45, 2.75) is 32.6 Å². The molecule has 0 aliphatic carbocycles. The Hall–Kier alpha value is -0.460. The minimum atomic E-state index is 0.738. The molecule has 0 aromatic heterocycles. The Morgan fingerprint density at radius 3 is 3.10 bits per heavy atom. The number of hydrogen-bond donors (Lipinski definition) is 1. The molecule has 1 saturated heterocycles. The zero-order valence-electron chi connectivity index (χ0n) is 6.82. The van der Waals surface area contributed by atoms with Crippen molar-refractivity contribution in [2.24, 2.45) is 5.92 Å². The minimum absolute atomic E-state index is 0.738. The molecule has 1 aliphatic heterocycles. The van der Waals surface area contributed by atoms with Gasteiger partial charge >= 0.3 is 0 Å². The lowest BCUT2D eigenvalue weighted by Gasteiger charge is -2.14. The van der Waals surface area contributed by atoms with E-state index in [9.17, 15) is 0 Å². The fourth-order valence-electron chi connectivity index (χ4n) is 1.53. The van der Waals surface area contributed by atoms with Gasteiger partial charge in [-0.05, 0) is 25.2 Å². The topological polar surface area (TPSA) is 12.0 Å². The molecule has 0 radical (unpaired) electrons. The molecule has 58 valence electrons. The largest absolute Gasteiger partial charge is 0.389 e. The van der Waals surface area contributed by atoms with Gasteiger partial charge in [0.1, 0.15) is 0 Å². The Morgan fingerprint density at radius 2 is 2.40 bits per heavy atom. The Balaban J connectivity index is 2.43. The standard InChI is InChI=1S/C9H17N/c1-3-9-6-4-5-7-10-8(9)2/h9-10H,2-7H2,1H3. The van der Waals surface area contributed by atoms with E-state index in [1.165, 1.54) is 31.4 Å². The van der Waals surface area contributed by atoms with E-state index in [1.54, 1.807) is 0 Å². The average Bonchev–Trinajstić information content (AvgIpc) is 2.13. The number of nitrogens with one attached hydrogen (secondary N) is 1. The van der Waals surface area contributed by atoms with Gasteiger partial charge in [-0.25, -0.2) is 0 Å². The smallest absolute Gasteiger partial charge is 0.0143 e. The molecular weight excluding hydrogens is 122 g/mol. The van der Waals surface area contributed by atoms with Crippen LogP contribution in [0.25, 0.3) is 0 Å². The molecular formula is C9H17N. The molecule has 0 bridgehead atoms. The normalized spacial score (nSPS) is 27.3. The second kappa shape index (κ2) is 3.65. The van der Waals surface area contributed by atoms with E-state index in [1.807, 2.05) is 0 Å². The summed E-state index contributed by atoms with van der Waals surface area (Å²) in [5, 5.41) is 3.35. The minimum Gasteiger partial charge on any atom is -0.389 e. The molecule has 1 aliphatic rings. The highest BCUT2D eigenvalue weighted by Gasteiger charge is 2.12. The van der Waals surface area contributed by atoms with Gasteiger partial charge in [-0.2, -0.15) is 0 Å². The number of hydrogen-bond acceptors (Lipinski definition) is 1. The van der Waals surface area contributed by atoms with Crippen LogP contribution in [0.15, 0.2) is 12.3 Å². The third kappa shape index (κ3) is 1.76. The lowest BCUT2D eigenvalue weighted by molar-refractivity contribution is 0.529. The summed E-state index contributed by atoms with van der Waals surface area (Å²) in [4.78, 5) is 0. The van der Waals surface area contributed by atoms with Gasteiger partial charge in [-0.3, -0.25) is 0 Å². The lowest BCUT2D eigenvalue weighted by atomic mass is 9.98. The van der Waals surface area contributed by atoms with Crippen LogP contribution in [0, 0.1) is 5.92 Å². The monoisotopic (exact) mass is 139 g/mol. The van der Waals surface area contributed by atoms with Gasteiger partial charge in [0.05, 0.1) is 0 Å². The molecule has 1 rings (SSSR count).